The maximum atomic E-state index is 12.6. The highest BCUT2D eigenvalue weighted by Crippen LogP contribution is 2.30. The molecule has 118 valence electrons. The maximum absolute atomic E-state index is 12.6. The van der Waals surface area contributed by atoms with E-state index in [1.165, 1.54) is 12.1 Å². The monoisotopic (exact) mass is 305 g/mol. The van der Waals surface area contributed by atoms with Gasteiger partial charge in [-0.1, -0.05) is 12.1 Å². The van der Waals surface area contributed by atoms with Crippen LogP contribution in [0.5, 0.6) is 0 Å². The number of carbonyl (C=O) groups is 1. The first-order chi connectivity index (χ1) is 9.49. The van der Waals surface area contributed by atoms with Crippen LogP contribution >= 0.6 is 0 Å². The van der Waals surface area contributed by atoms with Crippen molar-refractivity contribution < 1.29 is 27.8 Å². The van der Waals surface area contributed by atoms with Gasteiger partial charge in [-0.25, -0.2) is 4.79 Å². The van der Waals surface area contributed by atoms with Gasteiger partial charge in [-0.2, -0.15) is 13.2 Å². The van der Waals surface area contributed by atoms with Gasteiger partial charge in [-0.15, -0.1) is 0 Å². The highest BCUT2D eigenvalue weighted by molar-refractivity contribution is 5.67. The van der Waals surface area contributed by atoms with E-state index >= 15 is 0 Å². The van der Waals surface area contributed by atoms with Crippen molar-refractivity contribution >= 4 is 6.09 Å². The number of hydrogen-bond acceptors (Lipinski definition) is 3. The lowest BCUT2D eigenvalue weighted by molar-refractivity contribution is -0.137. The summed E-state index contributed by atoms with van der Waals surface area (Å²) >= 11 is 0. The van der Waals surface area contributed by atoms with Crippen molar-refractivity contribution in [1.29, 1.82) is 0 Å². The molecule has 1 atom stereocenters. The average molecular weight is 305 g/mol. The number of carbonyl (C=O) groups excluding carboxylic acids is 1. The number of alkyl halides is 3. The van der Waals surface area contributed by atoms with Gasteiger partial charge in [0.2, 0.25) is 0 Å². The van der Waals surface area contributed by atoms with Gasteiger partial charge in [0.1, 0.15) is 5.60 Å². The molecule has 1 amide bonds. The predicted octanol–water partition coefficient (Wildman–Crippen LogP) is 3.26. The molecule has 0 aromatic heterocycles. The Morgan fingerprint density at radius 2 is 1.95 bits per heavy atom. The Balaban J connectivity index is 2.64. The molecular formula is C14H18F3NO3. The fourth-order valence-electron chi connectivity index (χ4n) is 1.53. The molecule has 0 radical (unpaired) electrons. The Bertz CT molecular complexity index is 495. The summed E-state index contributed by atoms with van der Waals surface area (Å²) in [5.41, 5.74) is -1.47. The summed E-state index contributed by atoms with van der Waals surface area (Å²) in [7, 11) is 0. The van der Waals surface area contributed by atoms with E-state index in [1.807, 2.05) is 0 Å². The van der Waals surface area contributed by atoms with Crippen molar-refractivity contribution in [3.8, 4) is 0 Å². The van der Waals surface area contributed by atoms with Crippen molar-refractivity contribution in [1.82, 2.24) is 5.32 Å². The fourth-order valence-corrected chi connectivity index (χ4v) is 1.53. The Hall–Kier alpha value is -1.76. The molecule has 1 aromatic carbocycles. The second-order valence-electron chi connectivity index (χ2n) is 5.52. The maximum Gasteiger partial charge on any atom is 0.416 e. The molecule has 2 N–H and O–H groups in total. The second kappa shape index (κ2) is 6.34. The van der Waals surface area contributed by atoms with Crippen molar-refractivity contribution in [2.45, 2.75) is 38.7 Å². The van der Waals surface area contributed by atoms with Gasteiger partial charge < -0.3 is 15.2 Å². The first kappa shape index (κ1) is 17.3. The topological polar surface area (TPSA) is 58.6 Å². The number of aliphatic hydroxyl groups excluding tert-OH is 1. The highest BCUT2D eigenvalue weighted by Gasteiger charge is 2.30. The SMILES string of the molecule is CC(C)(C)OC(=O)NC[C@H](O)c1cccc(C(F)(F)F)c1. The van der Waals surface area contributed by atoms with Gasteiger partial charge in [-0.05, 0) is 38.5 Å². The van der Waals surface area contributed by atoms with Crippen LogP contribution in [0.25, 0.3) is 0 Å². The van der Waals surface area contributed by atoms with Gasteiger partial charge in [0.15, 0.2) is 0 Å². The zero-order valence-corrected chi connectivity index (χ0v) is 12.0. The van der Waals surface area contributed by atoms with Gasteiger partial charge in [-0.3, -0.25) is 0 Å². The van der Waals surface area contributed by atoms with E-state index in [9.17, 15) is 23.1 Å². The van der Waals surface area contributed by atoms with E-state index in [-0.39, 0.29) is 12.1 Å². The van der Waals surface area contributed by atoms with Crippen LogP contribution in [0.15, 0.2) is 24.3 Å². The standard InChI is InChI=1S/C14H18F3NO3/c1-13(2,3)21-12(20)18-8-11(19)9-5-4-6-10(7-9)14(15,16)17/h4-7,11,19H,8H2,1-3H3,(H,18,20)/t11-/m0/s1. The van der Waals surface area contributed by atoms with E-state index in [0.717, 1.165) is 12.1 Å². The van der Waals surface area contributed by atoms with Crippen molar-refractivity contribution in [2.24, 2.45) is 0 Å². The normalized spacial score (nSPS) is 13.7. The quantitative estimate of drug-likeness (QED) is 0.901. The molecule has 7 heteroatoms. The highest BCUT2D eigenvalue weighted by atomic mass is 19.4. The largest absolute Gasteiger partial charge is 0.444 e. The van der Waals surface area contributed by atoms with Gasteiger partial charge in [0, 0.05) is 0 Å². The molecule has 4 nitrogen and oxygen atoms in total. The fraction of sp³-hybridized carbons (Fsp3) is 0.500. The zero-order chi connectivity index (χ0) is 16.3. The second-order valence-corrected chi connectivity index (χ2v) is 5.52. The molecule has 0 saturated heterocycles. The third-order valence-electron chi connectivity index (χ3n) is 2.44. The summed E-state index contributed by atoms with van der Waals surface area (Å²) in [5, 5.41) is 12.1. The van der Waals surface area contributed by atoms with Crippen molar-refractivity contribution in [3.05, 3.63) is 35.4 Å². The smallest absolute Gasteiger partial charge is 0.416 e. The number of nitrogens with one attached hydrogen (secondary N) is 1. The summed E-state index contributed by atoms with van der Waals surface area (Å²) in [6.45, 7) is 4.79. The Labute approximate surface area is 120 Å². The van der Waals surface area contributed by atoms with E-state index in [4.69, 9.17) is 4.74 Å². The average Bonchev–Trinajstić information content (AvgIpc) is 2.33. The number of aliphatic hydroxyl groups is 1. The van der Waals surface area contributed by atoms with Crippen molar-refractivity contribution in [3.63, 3.8) is 0 Å². The number of halogens is 3. The number of alkyl carbamates (subject to hydrolysis) is 1. The molecule has 0 fully saturated rings. The Kier molecular flexibility index (Phi) is 5.22. The van der Waals surface area contributed by atoms with E-state index in [2.05, 4.69) is 5.32 Å². The van der Waals surface area contributed by atoms with Crippen molar-refractivity contribution in [2.75, 3.05) is 6.54 Å². The van der Waals surface area contributed by atoms with Crippen LogP contribution in [0.4, 0.5) is 18.0 Å². The van der Waals surface area contributed by atoms with E-state index in [1.54, 1.807) is 20.8 Å². The summed E-state index contributed by atoms with van der Waals surface area (Å²) in [6.07, 6.45) is -6.47. The summed E-state index contributed by atoms with van der Waals surface area (Å²) in [6, 6.07) is 4.32. The third kappa shape index (κ3) is 6.03. The summed E-state index contributed by atoms with van der Waals surface area (Å²) < 4.78 is 42.6. The van der Waals surface area contributed by atoms with Crippen LogP contribution in [-0.2, 0) is 10.9 Å². The molecule has 0 saturated carbocycles. The van der Waals surface area contributed by atoms with Gasteiger partial charge >= 0.3 is 12.3 Å². The zero-order valence-electron chi connectivity index (χ0n) is 12.0. The molecule has 21 heavy (non-hydrogen) atoms. The molecule has 0 spiro atoms. The number of benzene rings is 1. The minimum atomic E-state index is -4.48. The molecule has 1 rings (SSSR count). The predicted molar refractivity (Wildman–Crippen MR) is 70.6 cm³/mol. The first-order valence-electron chi connectivity index (χ1n) is 6.31. The lowest BCUT2D eigenvalue weighted by atomic mass is 10.1. The lowest BCUT2D eigenvalue weighted by Gasteiger charge is -2.20. The van der Waals surface area contributed by atoms with Crippen LogP contribution in [0, 0.1) is 0 Å². The van der Waals surface area contributed by atoms with Crippen LogP contribution < -0.4 is 5.32 Å². The van der Waals surface area contributed by atoms with E-state index < -0.39 is 29.5 Å². The number of rotatable bonds is 3. The van der Waals surface area contributed by atoms with Gasteiger partial charge in [0.05, 0.1) is 18.2 Å². The van der Waals surface area contributed by atoms with Crippen LogP contribution in [0.3, 0.4) is 0 Å². The molecular weight excluding hydrogens is 287 g/mol. The first-order valence-corrected chi connectivity index (χ1v) is 6.31. The molecule has 0 unspecified atom stereocenters. The number of amides is 1. The number of ether oxygens (including phenoxy) is 1. The molecule has 0 aliphatic carbocycles. The minimum absolute atomic E-state index is 0.0703. The molecule has 0 aliphatic heterocycles. The molecule has 0 bridgehead atoms. The molecule has 0 aliphatic rings. The minimum Gasteiger partial charge on any atom is -0.444 e. The summed E-state index contributed by atoms with van der Waals surface area (Å²) in [5.74, 6) is 0. The molecule has 1 aromatic rings. The lowest BCUT2D eigenvalue weighted by Crippen LogP contribution is -2.34. The van der Waals surface area contributed by atoms with Crippen LogP contribution in [0.1, 0.15) is 38.0 Å². The third-order valence-corrected chi connectivity index (χ3v) is 2.44. The number of hydrogen-bond donors (Lipinski definition) is 2. The van der Waals surface area contributed by atoms with Gasteiger partial charge in [0.25, 0.3) is 0 Å². The van der Waals surface area contributed by atoms with Crippen LogP contribution in [-0.4, -0.2) is 23.3 Å². The summed E-state index contributed by atoms with van der Waals surface area (Å²) in [4.78, 5) is 11.4. The van der Waals surface area contributed by atoms with Crippen LogP contribution in [0.2, 0.25) is 0 Å². The Morgan fingerprint density at radius 1 is 1.33 bits per heavy atom. The Morgan fingerprint density at radius 3 is 2.48 bits per heavy atom. The molecule has 0 heterocycles. The van der Waals surface area contributed by atoms with E-state index in [0.29, 0.717) is 0 Å².